The summed E-state index contributed by atoms with van der Waals surface area (Å²) < 4.78 is 0. The average Bonchev–Trinajstić information content (AvgIpc) is 2.94. The molecule has 2 nitrogen and oxygen atoms in total. The molecule has 0 unspecified atom stereocenters. The summed E-state index contributed by atoms with van der Waals surface area (Å²) in [4.78, 5) is 18.3. The zero-order valence-corrected chi connectivity index (χ0v) is 17.9. The summed E-state index contributed by atoms with van der Waals surface area (Å²) in [5.74, 6) is 0.0662. The number of allylic oxidation sites excluding steroid dienone is 9. The molecule has 1 heterocycles. The summed E-state index contributed by atoms with van der Waals surface area (Å²) in [7, 11) is 0. The summed E-state index contributed by atoms with van der Waals surface area (Å²) in [5.41, 5.74) is 8.28. The van der Waals surface area contributed by atoms with Gasteiger partial charge in [0.1, 0.15) is 0 Å². The molecular weight excluding hydrogens is 354 g/mol. The van der Waals surface area contributed by atoms with Gasteiger partial charge in [-0.05, 0) is 44.2 Å². The van der Waals surface area contributed by atoms with E-state index in [-0.39, 0.29) is 5.78 Å². The van der Waals surface area contributed by atoms with Gasteiger partial charge in [0, 0.05) is 16.7 Å². The molecular formula is C27H29NO. The molecule has 0 radical (unpaired) electrons. The number of fused-ring (bicyclic) bond motifs is 2. The molecule has 0 N–H and O–H groups in total. The SMILES string of the molecule is C=C1C2=NC(C(/C=C\C)=C/C=C(/C)CC)=CCC(CC)=C2C(=O)c2ccccc21. The van der Waals surface area contributed by atoms with E-state index in [0.29, 0.717) is 0 Å². The third-order valence-electron chi connectivity index (χ3n) is 5.55. The average molecular weight is 384 g/mol. The minimum absolute atomic E-state index is 0.0662. The van der Waals surface area contributed by atoms with Crippen molar-refractivity contribution in [1.29, 1.82) is 0 Å². The Hall–Kier alpha value is -3.00. The molecule has 0 saturated carbocycles. The molecule has 148 valence electrons. The van der Waals surface area contributed by atoms with E-state index in [4.69, 9.17) is 4.99 Å². The molecule has 29 heavy (non-hydrogen) atoms. The van der Waals surface area contributed by atoms with Crippen LogP contribution in [0.4, 0.5) is 0 Å². The highest BCUT2D eigenvalue weighted by molar-refractivity contribution is 6.47. The van der Waals surface area contributed by atoms with Crippen LogP contribution in [0.3, 0.4) is 0 Å². The lowest BCUT2D eigenvalue weighted by Crippen LogP contribution is -2.23. The number of benzene rings is 1. The predicted molar refractivity (Wildman–Crippen MR) is 124 cm³/mol. The molecule has 1 aromatic carbocycles. The van der Waals surface area contributed by atoms with Crippen molar-refractivity contribution in [3.05, 3.63) is 100 Å². The van der Waals surface area contributed by atoms with Gasteiger partial charge in [-0.1, -0.05) is 86.2 Å². The second-order valence-corrected chi connectivity index (χ2v) is 7.43. The van der Waals surface area contributed by atoms with Crippen molar-refractivity contribution < 1.29 is 4.79 Å². The molecule has 3 rings (SSSR count). The third-order valence-corrected chi connectivity index (χ3v) is 5.55. The van der Waals surface area contributed by atoms with Crippen molar-refractivity contribution in [2.24, 2.45) is 4.99 Å². The molecule has 0 fully saturated rings. The van der Waals surface area contributed by atoms with Crippen molar-refractivity contribution in [3.63, 3.8) is 0 Å². The van der Waals surface area contributed by atoms with E-state index in [1.54, 1.807) is 0 Å². The Balaban J connectivity index is 2.19. The third kappa shape index (κ3) is 4.07. The van der Waals surface area contributed by atoms with Gasteiger partial charge in [-0.3, -0.25) is 4.79 Å². The van der Waals surface area contributed by atoms with E-state index >= 15 is 0 Å². The number of carbonyl (C=O) groups is 1. The Labute approximate surface area is 174 Å². The fourth-order valence-corrected chi connectivity index (χ4v) is 3.66. The number of aliphatic imine (C=N–C) groups is 1. The van der Waals surface area contributed by atoms with Gasteiger partial charge in [0.15, 0.2) is 5.78 Å². The van der Waals surface area contributed by atoms with Crippen LogP contribution >= 0.6 is 0 Å². The van der Waals surface area contributed by atoms with Gasteiger partial charge in [-0.15, -0.1) is 0 Å². The highest BCUT2D eigenvalue weighted by Gasteiger charge is 2.32. The van der Waals surface area contributed by atoms with Gasteiger partial charge in [-0.2, -0.15) is 0 Å². The number of rotatable bonds is 5. The van der Waals surface area contributed by atoms with Crippen molar-refractivity contribution in [2.45, 2.75) is 47.0 Å². The summed E-state index contributed by atoms with van der Waals surface area (Å²) >= 11 is 0. The molecule has 0 atom stereocenters. The van der Waals surface area contributed by atoms with E-state index in [9.17, 15) is 4.79 Å². The number of carbonyl (C=O) groups excluding carboxylic acids is 1. The van der Waals surface area contributed by atoms with Gasteiger partial charge >= 0.3 is 0 Å². The molecule has 0 saturated heterocycles. The van der Waals surface area contributed by atoms with E-state index in [1.165, 1.54) is 5.57 Å². The number of hydrogen-bond donors (Lipinski definition) is 0. The zero-order chi connectivity index (χ0) is 21.0. The Morgan fingerprint density at radius 2 is 1.90 bits per heavy atom. The first-order valence-electron chi connectivity index (χ1n) is 10.4. The summed E-state index contributed by atoms with van der Waals surface area (Å²) in [6, 6.07) is 7.71. The van der Waals surface area contributed by atoms with Crippen molar-refractivity contribution in [2.75, 3.05) is 0 Å². The van der Waals surface area contributed by atoms with Crippen LogP contribution in [0.5, 0.6) is 0 Å². The fourth-order valence-electron chi connectivity index (χ4n) is 3.66. The number of nitrogens with zero attached hydrogens (tertiary/aromatic N) is 1. The van der Waals surface area contributed by atoms with Crippen molar-refractivity contribution in [3.8, 4) is 0 Å². The number of hydrogen-bond acceptors (Lipinski definition) is 2. The standard InChI is InChI=1S/C27H29NO/c1-6-11-21(15-14-18(4)7-2)24-17-16-20(8-3)25-26(28-24)19(5)22-12-9-10-13-23(22)27(25)29/h6,9-15,17H,5,7-8,16H2,1-4H3/b11-6-,18-14-,21-15+. The molecule has 0 amide bonds. The molecule has 1 aliphatic carbocycles. The molecule has 0 bridgehead atoms. The smallest absolute Gasteiger partial charge is 0.195 e. The van der Waals surface area contributed by atoms with Crippen LogP contribution < -0.4 is 0 Å². The van der Waals surface area contributed by atoms with E-state index in [1.807, 2.05) is 37.3 Å². The summed E-state index contributed by atoms with van der Waals surface area (Å²) in [5, 5.41) is 0. The van der Waals surface area contributed by atoms with Crippen molar-refractivity contribution >= 4 is 17.1 Å². The molecule has 0 aromatic heterocycles. The fraction of sp³-hybridized carbons (Fsp3) is 0.259. The minimum Gasteiger partial charge on any atom is -0.289 e. The van der Waals surface area contributed by atoms with Gasteiger partial charge < -0.3 is 0 Å². The molecule has 1 aromatic rings. The van der Waals surface area contributed by atoms with Crippen LogP contribution in [0, 0.1) is 0 Å². The zero-order valence-electron chi connectivity index (χ0n) is 17.9. The van der Waals surface area contributed by atoms with Gasteiger partial charge in [-0.25, -0.2) is 4.99 Å². The Kier molecular flexibility index (Phi) is 6.43. The highest BCUT2D eigenvalue weighted by atomic mass is 16.1. The molecule has 0 spiro atoms. The first-order chi connectivity index (χ1) is 14.0. The second kappa shape index (κ2) is 9.00. The van der Waals surface area contributed by atoms with E-state index in [0.717, 1.165) is 64.1 Å². The maximum atomic E-state index is 13.3. The van der Waals surface area contributed by atoms with Crippen LogP contribution in [-0.2, 0) is 0 Å². The topological polar surface area (TPSA) is 29.4 Å². The van der Waals surface area contributed by atoms with Gasteiger partial charge in [0.2, 0.25) is 0 Å². The first kappa shape index (κ1) is 20.7. The largest absolute Gasteiger partial charge is 0.289 e. The predicted octanol–water partition coefficient (Wildman–Crippen LogP) is 7.19. The van der Waals surface area contributed by atoms with Crippen LogP contribution in [-0.4, -0.2) is 11.5 Å². The normalized spacial score (nSPS) is 17.8. The molecule has 2 heteroatoms. The van der Waals surface area contributed by atoms with E-state index < -0.39 is 0 Å². The van der Waals surface area contributed by atoms with Crippen LogP contribution in [0.2, 0.25) is 0 Å². The van der Waals surface area contributed by atoms with Crippen LogP contribution in [0.15, 0.2) is 94.2 Å². The summed E-state index contributed by atoms with van der Waals surface area (Å²) in [6.07, 6.45) is 13.1. The molecule has 1 aliphatic heterocycles. The number of ketones is 1. The van der Waals surface area contributed by atoms with Crippen LogP contribution in [0.1, 0.15) is 62.9 Å². The maximum absolute atomic E-state index is 13.3. The van der Waals surface area contributed by atoms with Gasteiger partial charge in [0.05, 0.1) is 11.4 Å². The first-order valence-corrected chi connectivity index (χ1v) is 10.4. The second-order valence-electron chi connectivity index (χ2n) is 7.43. The monoisotopic (exact) mass is 383 g/mol. The minimum atomic E-state index is 0.0662. The van der Waals surface area contributed by atoms with Crippen LogP contribution in [0.25, 0.3) is 5.57 Å². The van der Waals surface area contributed by atoms with E-state index in [2.05, 4.69) is 51.7 Å². The quantitative estimate of drug-likeness (QED) is 0.495. The Bertz CT molecular complexity index is 1040. The lowest BCUT2D eigenvalue weighted by Gasteiger charge is -2.23. The summed E-state index contributed by atoms with van der Waals surface area (Å²) in [6.45, 7) is 12.7. The lowest BCUT2D eigenvalue weighted by atomic mass is 9.79. The lowest BCUT2D eigenvalue weighted by molar-refractivity contribution is 0.103. The number of Topliss-reactive ketones (excluding diaryl/α,β-unsaturated/α-hetero) is 1. The van der Waals surface area contributed by atoms with Crippen molar-refractivity contribution in [1.82, 2.24) is 0 Å². The maximum Gasteiger partial charge on any atom is 0.195 e. The Morgan fingerprint density at radius 3 is 2.55 bits per heavy atom. The van der Waals surface area contributed by atoms with Gasteiger partial charge in [0.25, 0.3) is 0 Å². The highest BCUT2D eigenvalue weighted by Crippen LogP contribution is 2.37. The molecule has 2 aliphatic rings. The Morgan fingerprint density at radius 1 is 1.17 bits per heavy atom.